The molecule has 2 aromatic rings. The van der Waals surface area contributed by atoms with Gasteiger partial charge in [0, 0.05) is 24.2 Å². The molecule has 2 fully saturated rings. The van der Waals surface area contributed by atoms with Gasteiger partial charge < -0.3 is 10.6 Å². The molecule has 2 aliphatic rings. The monoisotopic (exact) mass is 406 g/mol. The number of ketones is 1. The second-order valence-electron chi connectivity index (χ2n) is 7.92. The molecule has 0 aromatic heterocycles. The molecule has 0 radical (unpaired) electrons. The van der Waals surface area contributed by atoms with Gasteiger partial charge in [-0.05, 0) is 30.3 Å². The number of Topliss-reactive ketones (excluding diaryl/α,β-unsaturated/α-hetero) is 1. The lowest BCUT2D eigenvalue weighted by atomic mass is 9.51. The summed E-state index contributed by atoms with van der Waals surface area (Å²) in [5.74, 6) is -2.50. The molecule has 5 nitrogen and oxygen atoms in total. The number of carbonyl (C=O) groups excluding carboxylic acids is 3. The van der Waals surface area contributed by atoms with E-state index >= 15 is 0 Å². The van der Waals surface area contributed by atoms with Crippen LogP contribution in [0.4, 0.5) is 0 Å². The van der Waals surface area contributed by atoms with Gasteiger partial charge in [-0.25, -0.2) is 0 Å². The Morgan fingerprint density at radius 3 is 2.07 bits per heavy atom. The number of aryl methyl sites for hydroxylation is 1. The van der Waals surface area contributed by atoms with E-state index in [0.717, 1.165) is 16.7 Å². The average Bonchev–Trinajstić information content (AvgIpc) is 2.69. The lowest BCUT2D eigenvalue weighted by Crippen LogP contribution is -2.68. The predicted octanol–water partition coefficient (Wildman–Crippen LogP) is 2.99. The van der Waals surface area contributed by atoms with Crippen molar-refractivity contribution in [2.75, 3.05) is 0 Å². The molecule has 148 valence electrons. The second-order valence-corrected chi connectivity index (χ2v) is 8.33. The Kier molecular flexibility index (Phi) is 4.82. The summed E-state index contributed by atoms with van der Waals surface area (Å²) in [7, 11) is 0. The minimum Gasteiger partial charge on any atom is -0.302 e. The molecule has 0 bridgehead atoms. The van der Waals surface area contributed by atoms with Crippen LogP contribution in [0.15, 0.2) is 54.6 Å². The smallest absolute Gasteiger partial charge is 0.243 e. The fraction of sp³-hybridized carbons (Fsp3) is 0.304. The van der Waals surface area contributed by atoms with Crippen molar-refractivity contribution in [2.24, 2.45) is 11.3 Å². The SMILES string of the molecule is Cc1ccc(C2CC(=O)C(C)C(c3ccccc3)C23C(=O)NC(=S)NC3=O)cc1. The molecule has 3 atom stereocenters. The van der Waals surface area contributed by atoms with Gasteiger partial charge in [-0.2, -0.15) is 0 Å². The average molecular weight is 407 g/mol. The van der Waals surface area contributed by atoms with Crippen LogP contribution in [-0.4, -0.2) is 22.7 Å². The van der Waals surface area contributed by atoms with E-state index in [4.69, 9.17) is 12.2 Å². The van der Waals surface area contributed by atoms with Crippen LogP contribution in [-0.2, 0) is 14.4 Å². The van der Waals surface area contributed by atoms with Crippen molar-refractivity contribution in [1.82, 2.24) is 10.6 Å². The van der Waals surface area contributed by atoms with E-state index in [9.17, 15) is 14.4 Å². The summed E-state index contributed by atoms with van der Waals surface area (Å²) in [6.07, 6.45) is 0.126. The summed E-state index contributed by atoms with van der Waals surface area (Å²) in [6.45, 7) is 3.78. The van der Waals surface area contributed by atoms with Crippen LogP contribution in [0.1, 0.15) is 41.9 Å². The van der Waals surface area contributed by atoms with Crippen LogP contribution in [0.3, 0.4) is 0 Å². The van der Waals surface area contributed by atoms with Crippen molar-refractivity contribution < 1.29 is 14.4 Å². The summed E-state index contributed by atoms with van der Waals surface area (Å²) in [4.78, 5) is 40.1. The van der Waals surface area contributed by atoms with Gasteiger partial charge >= 0.3 is 0 Å². The Hall–Kier alpha value is -2.86. The Morgan fingerprint density at radius 2 is 1.48 bits per heavy atom. The molecule has 4 rings (SSSR count). The normalized spacial score (nSPS) is 26.2. The zero-order chi connectivity index (χ0) is 20.8. The lowest BCUT2D eigenvalue weighted by molar-refractivity contribution is -0.153. The fourth-order valence-corrected chi connectivity index (χ4v) is 5.07. The largest absolute Gasteiger partial charge is 0.302 e. The molecule has 1 saturated heterocycles. The highest BCUT2D eigenvalue weighted by atomic mass is 32.1. The summed E-state index contributed by atoms with van der Waals surface area (Å²) in [5.41, 5.74) is 1.20. The minimum absolute atomic E-state index is 0.00430. The first kappa shape index (κ1) is 19.5. The van der Waals surface area contributed by atoms with E-state index in [0.29, 0.717) is 0 Å². The number of thiocarbonyl (C=S) groups is 1. The number of nitrogens with one attached hydrogen (secondary N) is 2. The standard InChI is InChI=1S/C23H22N2O3S/c1-13-8-10-15(11-9-13)17-12-18(26)14(2)19(16-6-4-3-5-7-16)23(17)20(27)24-22(29)25-21(23)28/h3-11,14,17,19H,12H2,1-2H3,(H2,24,25,27,28,29). The molecular formula is C23H22N2O3S. The summed E-state index contributed by atoms with van der Waals surface area (Å²) in [5, 5.41) is 5.34. The lowest BCUT2D eigenvalue weighted by Gasteiger charge is -2.50. The van der Waals surface area contributed by atoms with Crippen LogP contribution >= 0.6 is 12.2 Å². The maximum Gasteiger partial charge on any atom is 0.243 e. The van der Waals surface area contributed by atoms with Crippen molar-refractivity contribution in [2.45, 2.75) is 32.1 Å². The highest BCUT2D eigenvalue weighted by molar-refractivity contribution is 7.80. The van der Waals surface area contributed by atoms with Gasteiger partial charge in [0.2, 0.25) is 11.8 Å². The van der Waals surface area contributed by atoms with Crippen molar-refractivity contribution in [3.63, 3.8) is 0 Å². The van der Waals surface area contributed by atoms with Crippen LogP contribution in [0.25, 0.3) is 0 Å². The molecule has 29 heavy (non-hydrogen) atoms. The number of benzene rings is 2. The third kappa shape index (κ3) is 2.99. The zero-order valence-electron chi connectivity index (χ0n) is 16.3. The molecule has 2 N–H and O–H groups in total. The van der Waals surface area contributed by atoms with Gasteiger partial charge in [0.15, 0.2) is 5.11 Å². The van der Waals surface area contributed by atoms with E-state index in [1.165, 1.54) is 0 Å². The molecule has 2 aromatic carbocycles. The van der Waals surface area contributed by atoms with Gasteiger partial charge in [-0.15, -0.1) is 0 Å². The molecule has 6 heteroatoms. The van der Waals surface area contributed by atoms with E-state index in [1.807, 2.05) is 61.5 Å². The van der Waals surface area contributed by atoms with Gasteiger partial charge in [-0.1, -0.05) is 67.1 Å². The van der Waals surface area contributed by atoms with E-state index < -0.39 is 35.0 Å². The van der Waals surface area contributed by atoms with Crippen molar-refractivity contribution >= 4 is 34.9 Å². The van der Waals surface area contributed by atoms with Crippen molar-refractivity contribution in [3.05, 3.63) is 71.3 Å². The highest BCUT2D eigenvalue weighted by Crippen LogP contribution is 2.57. The van der Waals surface area contributed by atoms with Crippen molar-refractivity contribution in [3.8, 4) is 0 Å². The number of carbonyl (C=O) groups is 3. The third-order valence-corrected chi connectivity index (χ3v) is 6.50. The molecule has 1 aliphatic heterocycles. The summed E-state index contributed by atoms with van der Waals surface area (Å²) >= 11 is 5.06. The molecule has 1 aliphatic carbocycles. The van der Waals surface area contributed by atoms with Gasteiger partial charge in [-0.3, -0.25) is 14.4 Å². The molecule has 3 unspecified atom stereocenters. The van der Waals surface area contributed by atoms with Crippen molar-refractivity contribution in [1.29, 1.82) is 0 Å². The molecular weight excluding hydrogens is 384 g/mol. The molecule has 1 heterocycles. The first-order valence-electron chi connectivity index (χ1n) is 9.66. The van der Waals surface area contributed by atoms with Gasteiger partial charge in [0.05, 0.1) is 0 Å². The topological polar surface area (TPSA) is 75.3 Å². The third-order valence-electron chi connectivity index (χ3n) is 6.30. The van der Waals surface area contributed by atoms with E-state index in [-0.39, 0.29) is 17.3 Å². The fourth-order valence-electron chi connectivity index (χ4n) is 4.88. The quantitative estimate of drug-likeness (QED) is 0.594. The maximum atomic E-state index is 13.5. The minimum atomic E-state index is -1.47. The molecule has 2 amide bonds. The van der Waals surface area contributed by atoms with Gasteiger partial charge in [0.1, 0.15) is 11.2 Å². The Balaban J connectivity index is 1.98. The van der Waals surface area contributed by atoms with Crippen LogP contribution in [0.2, 0.25) is 0 Å². The number of hydrogen-bond donors (Lipinski definition) is 2. The number of rotatable bonds is 2. The first-order valence-corrected chi connectivity index (χ1v) is 10.1. The Bertz CT molecular complexity index is 981. The molecule has 1 saturated carbocycles. The Morgan fingerprint density at radius 1 is 0.897 bits per heavy atom. The summed E-state index contributed by atoms with van der Waals surface area (Å²) in [6, 6.07) is 17.0. The van der Waals surface area contributed by atoms with Crippen LogP contribution < -0.4 is 10.6 Å². The number of amides is 2. The van der Waals surface area contributed by atoms with Crippen LogP contribution in [0.5, 0.6) is 0 Å². The highest BCUT2D eigenvalue weighted by Gasteiger charge is 2.64. The van der Waals surface area contributed by atoms with E-state index in [2.05, 4.69) is 10.6 Å². The molecule has 1 spiro atoms. The van der Waals surface area contributed by atoms with E-state index in [1.54, 1.807) is 6.92 Å². The first-order chi connectivity index (χ1) is 13.9. The number of hydrogen-bond acceptors (Lipinski definition) is 4. The Labute approximate surface area is 174 Å². The summed E-state index contributed by atoms with van der Waals surface area (Å²) < 4.78 is 0. The zero-order valence-corrected chi connectivity index (χ0v) is 17.1. The predicted molar refractivity (Wildman–Crippen MR) is 113 cm³/mol. The van der Waals surface area contributed by atoms with Crippen LogP contribution in [0, 0.1) is 18.3 Å². The maximum absolute atomic E-state index is 13.5. The van der Waals surface area contributed by atoms with Gasteiger partial charge in [0.25, 0.3) is 0 Å². The second kappa shape index (κ2) is 7.19.